The Morgan fingerprint density at radius 1 is 1.38 bits per heavy atom. The summed E-state index contributed by atoms with van der Waals surface area (Å²) in [6.07, 6.45) is 4.85. The van der Waals surface area contributed by atoms with Crippen LogP contribution in [0.4, 0.5) is 10.5 Å². The summed E-state index contributed by atoms with van der Waals surface area (Å²) in [4.78, 5) is 27.6. The van der Waals surface area contributed by atoms with Crippen LogP contribution in [0.5, 0.6) is 0 Å². The zero-order chi connectivity index (χ0) is 14.8. The minimum absolute atomic E-state index is 0.0202. The second-order valence-electron chi connectivity index (χ2n) is 5.51. The van der Waals surface area contributed by atoms with Gasteiger partial charge in [0.15, 0.2) is 0 Å². The van der Waals surface area contributed by atoms with Crippen LogP contribution in [0, 0.1) is 0 Å². The number of likely N-dealkylation sites (tertiary alicyclic amines) is 1. The minimum atomic E-state index is 0.0202. The Bertz CT molecular complexity index is 535. The Labute approximate surface area is 122 Å². The lowest BCUT2D eigenvalue weighted by Gasteiger charge is -2.36. The van der Waals surface area contributed by atoms with Gasteiger partial charge in [-0.25, -0.2) is 4.79 Å². The van der Waals surface area contributed by atoms with Crippen LogP contribution in [0.2, 0.25) is 0 Å². The molecule has 2 saturated heterocycles. The molecule has 0 aromatic carbocycles. The first-order chi connectivity index (χ1) is 10.1. The number of carbonyl (C=O) groups excluding carboxylic acids is 2. The van der Waals surface area contributed by atoms with E-state index in [0.717, 1.165) is 25.9 Å². The first kappa shape index (κ1) is 13.7. The molecular formula is C13H20N6O2. The molecule has 3 heterocycles. The number of urea groups is 1. The third kappa shape index (κ3) is 2.93. The number of piperidine rings is 1. The molecule has 0 atom stereocenters. The van der Waals surface area contributed by atoms with Crippen molar-refractivity contribution in [2.45, 2.75) is 25.4 Å². The Morgan fingerprint density at radius 2 is 2.14 bits per heavy atom. The SMILES string of the molecule is Nc1cnn(CC(=O)N2CCC(N3CCNC3=O)CC2)c1. The van der Waals surface area contributed by atoms with Gasteiger partial charge in [0.1, 0.15) is 6.54 Å². The van der Waals surface area contributed by atoms with Crippen molar-refractivity contribution in [3.8, 4) is 0 Å². The molecular weight excluding hydrogens is 272 g/mol. The van der Waals surface area contributed by atoms with Gasteiger partial charge in [-0.15, -0.1) is 0 Å². The first-order valence-electron chi connectivity index (χ1n) is 7.23. The number of nitrogens with one attached hydrogen (secondary N) is 1. The molecule has 21 heavy (non-hydrogen) atoms. The van der Waals surface area contributed by atoms with Crippen LogP contribution in [-0.4, -0.2) is 63.7 Å². The Morgan fingerprint density at radius 3 is 2.71 bits per heavy atom. The Kier molecular flexibility index (Phi) is 3.68. The molecule has 3 N–H and O–H groups in total. The van der Waals surface area contributed by atoms with Crippen molar-refractivity contribution >= 4 is 17.6 Å². The number of hydrogen-bond donors (Lipinski definition) is 2. The summed E-state index contributed by atoms with van der Waals surface area (Å²) < 4.78 is 1.55. The normalized spacial score (nSPS) is 19.9. The Balaban J connectivity index is 1.51. The lowest BCUT2D eigenvalue weighted by atomic mass is 10.0. The highest BCUT2D eigenvalue weighted by Crippen LogP contribution is 2.18. The van der Waals surface area contributed by atoms with Gasteiger partial charge in [-0.05, 0) is 12.8 Å². The van der Waals surface area contributed by atoms with Gasteiger partial charge in [0, 0.05) is 38.4 Å². The zero-order valence-corrected chi connectivity index (χ0v) is 11.9. The van der Waals surface area contributed by atoms with Gasteiger partial charge in [0.2, 0.25) is 5.91 Å². The van der Waals surface area contributed by atoms with Gasteiger partial charge in [-0.2, -0.15) is 5.10 Å². The predicted molar refractivity (Wildman–Crippen MR) is 76.3 cm³/mol. The van der Waals surface area contributed by atoms with E-state index in [-0.39, 0.29) is 24.5 Å². The standard InChI is InChI=1S/C13H20N6O2/c14-10-7-16-18(8-10)9-12(20)17-4-1-11(2-5-17)19-6-3-15-13(19)21/h7-8,11H,1-6,9,14H2,(H,15,21). The molecule has 1 aromatic rings. The molecule has 2 fully saturated rings. The van der Waals surface area contributed by atoms with E-state index >= 15 is 0 Å². The van der Waals surface area contributed by atoms with Crippen molar-refractivity contribution < 1.29 is 9.59 Å². The molecule has 0 bridgehead atoms. The predicted octanol–water partition coefficient (Wildman–Crippen LogP) is -0.518. The molecule has 2 aliphatic rings. The van der Waals surface area contributed by atoms with Gasteiger partial charge in [0.25, 0.3) is 0 Å². The van der Waals surface area contributed by atoms with E-state index < -0.39 is 0 Å². The van der Waals surface area contributed by atoms with Crippen molar-refractivity contribution in [3.63, 3.8) is 0 Å². The lowest BCUT2D eigenvalue weighted by Crippen LogP contribution is -2.48. The fourth-order valence-electron chi connectivity index (χ4n) is 2.97. The molecule has 0 unspecified atom stereocenters. The first-order valence-corrected chi connectivity index (χ1v) is 7.23. The highest BCUT2D eigenvalue weighted by molar-refractivity contribution is 5.77. The van der Waals surface area contributed by atoms with E-state index in [2.05, 4.69) is 10.4 Å². The lowest BCUT2D eigenvalue weighted by molar-refractivity contribution is -0.133. The van der Waals surface area contributed by atoms with Crippen molar-refractivity contribution in [2.75, 3.05) is 31.9 Å². The molecule has 8 nitrogen and oxygen atoms in total. The highest BCUT2D eigenvalue weighted by Gasteiger charge is 2.31. The largest absolute Gasteiger partial charge is 0.396 e. The van der Waals surface area contributed by atoms with Gasteiger partial charge in [0.05, 0.1) is 11.9 Å². The summed E-state index contributed by atoms with van der Waals surface area (Å²) in [6.45, 7) is 3.07. The van der Waals surface area contributed by atoms with E-state index in [1.165, 1.54) is 6.20 Å². The molecule has 3 amide bonds. The number of aromatic nitrogens is 2. The number of carbonyl (C=O) groups is 2. The molecule has 0 aliphatic carbocycles. The van der Waals surface area contributed by atoms with Crippen LogP contribution in [0.15, 0.2) is 12.4 Å². The number of nitrogens with zero attached hydrogens (tertiary/aromatic N) is 4. The molecule has 2 aliphatic heterocycles. The van der Waals surface area contributed by atoms with E-state index in [0.29, 0.717) is 18.8 Å². The second-order valence-corrected chi connectivity index (χ2v) is 5.51. The molecule has 114 valence electrons. The number of rotatable bonds is 3. The maximum absolute atomic E-state index is 12.2. The van der Waals surface area contributed by atoms with Gasteiger partial charge < -0.3 is 20.9 Å². The fraction of sp³-hybridized carbons (Fsp3) is 0.615. The van der Waals surface area contributed by atoms with E-state index in [1.54, 1.807) is 10.9 Å². The van der Waals surface area contributed by atoms with Crippen LogP contribution in [0.1, 0.15) is 12.8 Å². The summed E-state index contributed by atoms with van der Waals surface area (Å²) in [6, 6.07) is 0.267. The van der Waals surface area contributed by atoms with Crippen molar-refractivity contribution in [1.29, 1.82) is 0 Å². The third-order valence-electron chi connectivity index (χ3n) is 4.10. The summed E-state index contributed by atoms with van der Waals surface area (Å²) >= 11 is 0. The summed E-state index contributed by atoms with van der Waals surface area (Å²) in [5.41, 5.74) is 6.14. The number of nitrogens with two attached hydrogens (primary N) is 1. The molecule has 1 aromatic heterocycles. The average Bonchev–Trinajstić information content (AvgIpc) is 3.08. The van der Waals surface area contributed by atoms with E-state index in [4.69, 9.17) is 5.73 Å². The average molecular weight is 292 g/mol. The fourth-order valence-corrected chi connectivity index (χ4v) is 2.97. The summed E-state index contributed by atoms with van der Waals surface area (Å²) in [5.74, 6) is 0.0439. The molecule has 3 rings (SSSR count). The van der Waals surface area contributed by atoms with E-state index in [1.807, 2.05) is 9.80 Å². The van der Waals surface area contributed by atoms with Crippen molar-refractivity contribution in [3.05, 3.63) is 12.4 Å². The second kappa shape index (κ2) is 5.63. The number of nitrogen functional groups attached to an aromatic ring is 1. The summed E-state index contributed by atoms with van der Waals surface area (Å²) in [7, 11) is 0. The zero-order valence-electron chi connectivity index (χ0n) is 11.9. The highest BCUT2D eigenvalue weighted by atomic mass is 16.2. The topological polar surface area (TPSA) is 96.5 Å². The molecule has 8 heteroatoms. The van der Waals surface area contributed by atoms with Crippen LogP contribution in [-0.2, 0) is 11.3 Å². The monoisotopic (exact) mass is 292 g/mol. The van der Waals surface area contributed by atoms with Crippen LogP contribution in [0.25, 0.3) is 0 Å². The van der Waals surface area contributed by atoms with Crippen LogP contribution < -0.4 is 11.1 Å². The van der Waals surface area contributed by atoms with Gasteiger partial charge in [-0.3, -0.25) is 9.48 Å². The number of anilines is 1. The molecule has 0 saturated carbocycles. The minimum Gasteiger partial charge on any atom is -0.396 e. The third-order valence-corrected chi connectivity index (χ3v) is 4.10. The van der Waals surface area contributed by atoms with Crippen LogP contribution >= 0.6 is 0 Å². The quantitative estimate of drug-likeness (QED) is 0.783. The Hall–Kier alpha value is -2.25. The smallest absolute Gasteiger partial charge is 0.317 e. The van der Waals surface area contributed by atoms with Crippen molar-refractivity contribution in [2.24, 2.45) is 0 Å². The van der Waals surface area contributed by atoms with E-state index in [9.17, 15) is 9.59 Å². The number of amides is 3. The van der Waals surface area contributed by atoms with Gasteiger partial charge in [-0.1, -0.05) is 0 Å². The summed E-state index contributed by atoms with van der Waals surface area (Å²) in [5, 5.41) is 6.84. The maximum atomic E-state index is 12.2. The van der Waals surface area contributed by atoms with Gasteiger partial charge >= 0.3 is 6.03 Å². The molecule has 0 spiro atoms. The number of hydrogen-bond acceptors (Lipinski definition) is 4. The molecule has 0 radical (unpaired) electrons. The van der Waals surface area contributed by atoms with Crippen molar-refractivity contribution in [1.82, 2.24) is 24.9 Å². The van der Waals surface area contributed by atoms with Crippen LogP contribution in [0.3, 0.4) is 0 Å². The maximum Gasteiger partial charge on any atom is 0.317 e.